The topological polar surface area (TPSA) is 135 Å². The number of halogens is 1. The number of aromatic nitrogens is 1. The minimum absolute atomic E-state index is 0. The third kappa shape index (κ3) is 8.59. The molecule has 0 unspecified atom stereocenters. The zero-order valence-electron chi connectivity index (χ0n) is 24.1. The molecule has 0 saturated carbocycles. The molecule has 3 aliphatic heterocycles. The lowest BCUT2D eigenvalue weighted by atomic mass is 10.1. The zero-order valence-corrected chi connectivity index (χ0v) is 24.9. The summed E-state index contributed by atoms with van der Waals surface area (Å²) in [6, 6.07) is 5.36. The Morgan fingerprint density at radius 3 is 2.68 bits per heavy atom. The van der Waals surface area contributed by atoms with E-state index in [9.17, 15) is 14.4 Å². The minimum atomic E-state index is -0.325. The maximum Gasteiger partial charge on any atom is 0.259 e. The molecule has 1 aromatic heterocycles. The van der Waals surface area contributed by atoms with E-state index in [2.05, 4.69) is 21.1 Å². The first-order valence-electron chi connectivity index (χ1n) is 14.2. The van der Waals surface area contributed by atoms with Gasteiger partial charge in [-0.1, -0.05) is 18.1 Å². The van der Waals surface area contributed by atoms with Crippen molar-refractivity contribution in [1.29, 1.82) is 0 Å². The van der Waals surface area contributed by atoms with E-state index >= 15 is 0 Å². The number of fused-ring (bicyclic) bond motifs is 15. The Morgan fingerprint density at radius 1 is 1.12 bits per heavy atom. The summed E-state index contributed by atoms with van der Waals surface area (Å²) in [4.78, 5) is 40.5. The van der Waals surface area contributed by atoms with Crippen LogP contribution in [-0.4, -0.2) is 79.8 Å². The van der Waals surface area contributed by atoms with E-state index in [0.717, 1.165) is 18.4 Å². The Balaban J connectivity index is 0.00000462. The molecule has 4 heterocycles. The van der Waals surface area contributed by atoms with Gasteiger partial charge in [0.1, 0.15) is 17.4 Å². The average Bonchev–Trinajstić information content (AvgIpc) is 3.58. The van der Waals surface area contributed by atoms with Crippen molar-refractivity contribution in [3.05, 3.63) is 40.8 Å². The summed E-state index contributed by atoms with van der Waals surface area (Å²) in [6.45, 7) is 6.26. The van der Waals surface area contributed by atoms with Gasteiger partial charge in [-0.25, -0.2) is 0 Å². The molecular weight excluding hydrogens is 550 g/mol. The Labute approximate surface area is 247 Å². The van der Waals surface area contributed by atoms with Crippen molar-refractivity contribution >= 4 is 30.1 Å². The predicted octanol–water partition coefficient (Wildman–Crippen LogP) is 2.58. The van der Waals surface area contributed by atoms with Gasteiger partial charge in [-0.2, -0.15) is 0 Å². The molecule has 11 nitrogen and oxygen atoms in total. The van der Waals surface area contributed by atoms with E-state index in [4.69, 9.17) is 14.0 Å². The smallest absolute Gasteiger partial charge is 0.259 e. The number of ether oxygens (including phenoxy) is 2. The second-order valence-electron chi connectivity index (χ2n) is 10.3. The number of methoxy groups -OCH3 is 1. The summed E-state index contributed by atoms with van der Waals surface area (Å²) < 4.78 is 17.0. The van der Waals surface area contributed by atoms with Gasteiger partial charge in [0, 0.05) is 45.6 Å². The van der Waals surface area contributed by atoms with Crippen molar-refractivity contribution in [2.75, 3.05) is 39.8 Å². The summed E-state index contributed by atoms with van der Waals surface area (Å²) in [6.07, 6.45) is 3.97. The quantitative estimate of drug-likeness (QED) is 0.496. The second kappa shape index (κ2) is 15.6. The van der Waals surface area contributed by atoms with Crippen LogP contribution in [0.15, 0.2) is 22.7 Å². The lowest BCUT2D eigenvalue weighted by molar-refractivity contribution is -0.123. The van der Waals surface area contributed by atoms with E-state index in [1.165, 1.54) is 0 Å². The number of carbonyl (C=O) groups is 3. The van der Waals surface area contributed by atoms with Gasteiger partial charge in [0.15, 0.2) is 11.5 Å². The summed E-state index contributed by atoms with van der Waals surface area (Å²) in [5.74, 6) is 1.54. The van der Waals surface area contributed by atoms with Gasteiger partial charge >= 0.3 is 0 Å². The number of carbonyl (C=O) groups excluding carboxylic acids is 3. The largest absolute Gasteiger partial charge is 0.493 e. The average molecular weight is 592 g/mol. The standard InChI is InChI=1S/C29H41N5O6.ClH/c1-4-22-27(19(2)40-33-22)29(37)34-14-6-5-12-31-28(36)23-17-21(18-32-23)39-24-10-8-20(16-25(24)38-3)9-11-26(35)30-13-7-15-34;/h8,10,16,21,23,32H,4-7,9,11-15,17-18H2,1-3H3,(H,30,35)(H,31,36);1H/t21-,23-;/m0./s1. The second-order valence-corrected chi connectivity index (χ2v) is 10.3. The van der Waals surface area contributed by atoms with Crippen molar-refractivity contribution in [2.24, 2.45) is 0 Å². The number of nitrogens with one attached hydrogen (secondary N) is 3. The van der Waals surface area contributed by atoms with E-state index in [1.54, 1.807) is 18.9 Å². The molecule has 5 rings (SSSR count). The Bertz CT molecular complexity index is 1190. The molecule has 0 radical (unpaired) electrons. The molecule has 1 fully saturated rings. The highest BCUT2D eigenvalue weighted by Gasteiger charge is 2.31. The molecule has 41 heavy (non-hydrogen) atoms. The van der Waals surface area contributed by atoms with Crippen LogP contribution in [0.5, 0.6) is 11.5 Å². The highest BCUT2D eigenvalue weighted by atomic mass is 35.5. The highest BCUT2D eigenvalue weighted by molar-refractivity contribution is 5.96. The van der Waals surface area contributed by atoms with Gasteiger partial charge in [-0.3, -0.25) is 14.4 Å². The van der Waals surface area contributed by atoms with E-state index in [0.29, 0.717) is 93.3 Å². The first-order chi connectivity index (χ1) is 19.4. The summed E-state index contributed by atoms with van der Waals surface area (Å²) >= 11 is 0. The third-order valence-electron chi connectivity index (χ3n) is 7.42. The van der Waals surface area contributed by atoms with E-state index in [-0.39, 0.29) is 42.3 Å². The predicted molar refractivity (Wildman–Crippen MR) is 156 cm³/mol. The van der Waals surface area contributed by atoms with Crippen LogP contribution in [0.2, 0.25) is 0 Å². The molecule has 0 spiro atoms. The molecule has 3 aliphatic rings. The van der Waals surface area contributed by atoms with Gasteiger partial charge < -0.3 is 34.8 Å². The number of amides is 3. The molecule has 0 aliphatic carbocycles. The van der Waals surface area contributed by atoms with Crippen LogP contribution < -0.4 is 25.4 Å². The van der Waals surface area contributed by atoms with Crippen LogP contribution >= 0.6 is 12.4 Å². The Hall–Kier alpha value is -3.31. The van der Waals surface area contributed by atoms with Crippen LogP contribution in [0.4, 0.5) is 0 Å². The lowest BCUT2D eigenvalue weighted by Crippen LogP contribution is -2.41. The molecule has 12 heteroatoms. The molecule has 4 bridgehead atoms. The summed E-state index contributed by atoms with van der Waals surface area (Å²) in [5.41, 5.74) is 2.14. The molecule has 226 valence electrons. The fourth-order valence-corrected chi connectivity index (χ4v) is 5.15. The fourth-order valence-electron chi connectivity index (χ4n) is 5.15. The molecule has 2 aromatic rings. The third-order valence-corrected chi connectivity index (χ3v) is 7.42. The van der Waals surface area contributed by atoms with Crippen molar-refractivity contribution in [3.8, 4) is 11.5 Å². The van der Waals surface area contributed by atoms with Crippen molar-refractivity contribution in [3.63, 3.8) is 0 Å². The van der Waals surface area contributed by atoms with Gasteiger partial charge in [-0.05, 0) is 56.7 Å². The van der Waals surface area contributed by atoms with Gasteiger partial charge in [0.05, 0.1) is 18.8 Å². The number of rotatable bonds is 3. The van der Waals surface area contributed by atoms with Crippen LogP contribution in [0, 0.1) is 6.92 Å². The van der Waals surface area contributed by atoms with Crippen LogP contribution in [0.25, 0.3) is 0 Å². The maximum absolute atomic E-state index is 13.5. The summed E-state index contributed by atoms with van der Waals surface area (Å²) in [7, 11) is 1.59. The Morgan fingerprint density at radius 2 is 1.90 bits per heavy atom. The number of aryl methyl sites for hydroxylation is 3. The van der Waals surface area contributed by atoms with Gasteiger partial charge in [0.25, 0.3) is 5.91 Å². The van der Waals surface area contributed by atoms with E-state index in [1.807, 2.05) is 25.1 Å². The van der Waals surface area contributed by atoms with Crippen LogP contribution in [0.1, 0.15) is 66.4 Å². The Kier molecular flexibility index (Phi) is 12.3. The highest BCUT2D eigenvalue weighted by Crippen LogP contribution is 2.30. The minimum Gasteiger partial charge on any atom is -0.493 e. The molecule has 3 amide bonds. The number of benzene rings is 1. The van der Waals surface area contributed by atoms with Gasteiger partial charge in [-0.15, -0.1) is 12.4 Å². The van der Waals surface area contributed by atoms with E-state index < -0.39 is 0 Å². The van der Waals surface area contributed by atoms with Crippen molar-refractivity contribution < 1.29 is 28.4 Å². The van der Waals surface area contributed by atoms with Crippen LogP contribution in [-0.2, 0) is 22.4 Å². The van der Waals surface area contributed by atoms with Gasteiger partial charge in [0.2, 0.25) is 11.8 Å². The fraction of sp³-hybridized carbons (Fsp3) is 0.586. The normalized spacial score (nSPS) is 21.0. The van der Waals surface area contributed by atoms with Crippen molar-refractivity contribution in [1.82, 2.24) is 26.0 Å². The number of nitrogens with zero attached hydrogens (tertiary/aromatic N) is 2. The zero-order chi connectivity index (χ0) is 28.5. The molecule has 1 aromatic carbocycles. The SMILES string of the molecule is CCc1noc(C)c1C(=O)N1CCCCNC(=O)[C@@H]2C[C@@H](CN2)Oc2ccc(cc2OC)CCC(=O)NCCC1.Cl. The lowest BCUT2D eigenvalue weighted by Gasteiger charge is -2.23. The van der Waals surface area contributed by atoms with Crippen LogP contribution in [0.3, 0.4) is 0 Å². The first-order valence-corrected chi connectivity index (χ1v) is 14.2. The molecule has 1 saturated heterocycles. The molecule has 2 atom stereocenters. The first kappa shape index (κ1) is 32.2. The number of hydrogen-bond acceptors (Lipinski definition) is 8. The van der Waals surface area contributed by atoms with Crippen molar-refractivity contribution in [2.45, 2.75) is 70.9 Å². The molecule has 3 N–H and O–H groups in total. The number of hydrogen-bond donors (Lipinski definition) is 3. The summed E-state index contributed by atoms with van der Waals surface area (Å²) in [5, 5.41) is 13.3. The monoisotopic (exact) mass is 591 g/mol. The maximum atomic E-state index is 13.5. The molecular formula is C29H42ClN5O6.